The van der Waals surface area contributed by atoms with E-state index in [1.54, 1.807) is 5.56 Å². The van der Waals surface area contributed by atoms with E-state index in [9.17, 15) is 5.11 Å². The summed E-state index contributed by atoms with van der Waals surface area (Å²) in [5.74, 6) is 1.24. The van der Waals surface area contributed by atoms with Gasteiger partial charge in [0.05, 0.1) is 0 Å². The predicted octanol–water partition coefficient (Wildman–Crippen LogP) is 4.30. The van der Waals surface area contributed by atoms with Gasteiger partial charge in [0, 0.05) is 5.39 Å². The fraction of sp³-hybridized carbons (Fsp3) is 0.412. The van der Waals surface area contributed by atoms with Gasteiger partial charge in [-0.05, 0) is 78.7 Å². The van der Waals surface area contributed by atoms with Crippen LogP contribution in [0.4, 0.5) is 0 Å². The Bertz CT molecular complexity index is 625. The third kappa shape index (κ3) is 1.33. The monoisotopic (exact) mass is 238 g/mol. The quantitative estimate of drug-likeness (QED) is 0.725. The van der Waals surface area contributed by atoms with Crippen molar-refractivity contribution in [2.24, 2.45) is 0 Å². The minimum atomic E-state index is 0.444. The number of phenolic OH excluding ortho intramolecular Hbond substituents is 1. The summed E-state index contributed by atoms with van der Waals surface area (Å²) >= 11 is 0. The maximum absolute atomic E-state index is 10.1. The molecule has 1 N–H and O–H groups in total. The highest BCUT2D eigenvalue weighted by Gasteiger charge is 2.28. The average molecular weight is 238 g/mol. The molecule has 0 aliphatic heterocycles. The zero-order valence-corrected chi connectivity index (χ0v) is 10.6. The molecule has 2 aliphatic carbocycles. The Morgan fingerprint density at radius 3 is 2.72 bits per heavy atom. The molecule has 0 saturated carbocycles. The van der Waals surface area contributed by atoms with Gasteiger partial charge < -0.3 is 5.11 Å². The Labute approximate surface area is 107 Å². The number of phenols is 1. The molecular weight excluding hydrogens is 220 g/mol. The second-order valence-electron chi connectivity index (χ2n) is 5.78. The van der Waals surface area contributed by atoms with Crippen LogP contribution in [0.2, 0.25) is 0 Å². The molecule has 18 heavy (non-hydrogen) atoms. The molecule has 0 saturated heterocycles. The predicted molar refractivity (Wildman–Crippen MR) is 74.2 cm³/mol. The number of rotatable bonds is 0. The Balaban J connectivity index is 2.12. The van der Waals surface area contributed by atoms with Gasteiger partial charge in [0.1, 0.15) is 5.75 Å². The van der Waals surface area contributed by atoms with E-state index in [0.717, 1.165) is 11.3 Å². The second kappa shape index (κ2) is 3.74. The van der Waals surface area contributed by atoms with Crippen LogP contribution in [0.1, 0.15) is 48.3 Å². The van der Waals surface area contributed by atoms with Crippen LogP contribution in [0.5, 0.6) is 5.75 Å². The van der Waals surface area contributed by atoms with Crippen molar-refractivity contribution in [3.63, 3.8) is 0 Å². The molecule has 1 nitrogen and oxygen atoms in total. The van der Waals surface area contributed by atoms with Crippen LogP contribution < -0.4 is 0 Å². The minimum absolute atomic E-state index is 0.444. The second-order valence-corrected chi connectivity index (χ2v) is 5.78. The van der Waals surface area contributed by atoms with Gasteiger partial charge in [0.2, 0.25) is 0 Å². The molecule has 2 aliphatic rings. The summed E-state index contributed by atoms with van der Waals surface area (Å²) in [6.07, 6.45) is 7.75. The van der Waals surface area contributed by atoms with Crippen LogP contribution >= 0.6 is 0 Å². The first-order valence-electron chi connectivity index (χ1n) is 7.11. The lowest BCUT2D eigenvalue weighted by Crippen LogP contribution is -2.17. The summed E-state index contributed by atoms with van der Waals surface area (Å²) in [7, 11) is 0. The van der Waals surface area contributed by atoms with E-state index in [1.165, 1.54) is 55.0 Å². The lowest BCUT2D eigenvalue weighted by Gasteiger charge is -2.33. The van der Waals surface area contributed by atoms with E-state index in [4.69, 9.17) is 0 Å². The minimum Gasteiger partial charge on any atom is -0.507 e. The van der Waals surface area contributed by atoms with E-state index in [2.05, 4.69) is 12.1 Å². The molecule has 0 aromatic heterocycles. The molecule has 1 unspecified atom stereocenters. The average Bonchev–Trinajstić information content (AvgIpc) is 2.41. The molecule has 1 heteroatoms. The fourth-order valence-corrected chi connectivity index (χ4v) is 4.04. The number of aromatic hydroxyl groups is 1. The summed E-state index contributed by atoms with van der Waals surface area (Å²) in [4.78, 5) is 0. The first-order valence-corrected chi connectivity index (χ1v) is 7.11. The maximum Gasteiger partial charge on any atom is 0.123 e. The van der Waals surface area contributed by atoms with Crippen molar-refractivity contribution in [2.75, 3.05) is 0 Å². The summed E-state index contributed by atoms with van der Waals surface area (Å²) in [5, 5.41) is 12.4. The summed E-state index contributed by atoms with van der Waals surface area (Å²) in [6, 6.07) is 8.22. The molecule has 0 amide bonds. The summed E-state index contributed by atoms with van der Waals surface area (Å²) < 4.78 is 0. The maximum atomic E-state index is 10.1. The molecule has 4 rings (SSSR count). The number of benzene rings is 2. The third-order valence-electron chi connectivity index (χ3n) is 4.78. The van der Waals surface area contributed by atoms with E-state index >= 15 is 0 Å². The van der Waals surface area contributed by atoms with E-state index in [-0.39, 0.29) is 0 Å². The molecule has 1 atom stereocenters. The zero-order valence-electron chi connectivity index (χ0n) is 10.6. The van der Waals surface area contributed by atoms with Gasteiger partial charge in [0.25, 0.3) is 0 Å². The largest absolute Gasteiger partial charge is 0.507 e. The molecule has 92 valence electrons. The van der Waals surface area contributed by atoms with Gasteiger partial charge in [-0.1, -0.05) is 12.1 Å². The fourth-order valence-electron chi connectivity index (χ4n) is 4.04. The van der Waals surface area contributed by atoms with Gasteiger partial charge >= 0.3 is 0 Å². The lowest BCUT2D eigenvalue weighted by atomic mass is 9.72. The van der Waals surface area contributed by atoms with Crippen LogP contribution in [0.25, 0.3) is 10.8 Å². The highest BCUT2D eigenvalue weighted by atomic mass is 16.3. The lowest BCUT2D eigenvalue weighted by molar-refractivity contribution is 0.474. The molecule has 0 heterocycles. The van der Waals surface area contributed by atoms with Crippen LogP contribution in [-0.4, -0.2) is 5.11 Å². The van der Waals surface area contributed by atoms with Gasteiger partial charge in [0.15, 0.2) is 0 Å². The first kappa shape index (κ1) is 10.4. The number of fused-ring (bicyclic) bond motifs is 2. The highest BCUT2D eigenvalue weighted by molar-refractivity contribution is 5.93. The molecule has 2 aromatic carbocycles. The Morgan fingerprint density at radius 2 is 1.83 bits per heavy atom. The van der Waals surface area contributed by atoms with Gasteiger partial charge in [-0.3, -0.25) is 0 Å². The van der Waals surface area contributed by atoms with Crippen LogP contribution in [0.3, 0.4) is 0 Å². The van der Waals surface area contributed by atoms with Crippen molar-refractivity contribution in [1.29, 1.82) is 0 Å². The van der Waals surface area contributed by atoms with Crippen molar-refractivity contribution in [1.82, 2.24) is 0 Å². The highest BCUT2D eigenvalue weighted by Crippen LogP contribution is 2.45. The molecule has 0 radical (unpaired) electrons. The summed E-state index contributed by atoms with van der Waals surface area (Å²) in [5.41, 5.74) is 4.69. The normalized spacial score (nSPS) is 21.9. The summed E-state index contributed by atoms with van der Waals surface area (Å²) in [6.45, 7) is 0. The molecule has 2 aromatic rings. The number of aryl methyl sites for hydroxylation is 2. The van der Waals surface area contributed by atoms with Gasteiger partial charge in [-0.25, -0.2) is 0 Å². The first-order chi connectivity index (χ1) is 8.84. The SMILES string of the molecule is Oc1cccc2c3c4c(cc12)CCCC4CCC3. The van der Waals surface area contributed by atoms with Crippen molar-refractivity contribution in [2.45, 2.75) is 44.4 Å². The Kier molecular flexibility index (Phi) is 2.17. The molecule has 0 fully saturated rings. The Morgan fingerprint density at radius 1 is 1.00 bits per heavy atom. The molecular formula is C17H18O. The smallest absolute Gasteiger partial charge is 0.123 e. The number of hydrogen-bond acceptors (Lipinski definition) is 1. The van der Waals surface area contributed by atoms with Crippen molar-refractivity contribution in [3.05, 3.63) is 41.0 Å². The number of hydrogen-bond donors (Lipinski definition) is 1. The van der Waals surface area contributed by atoms with E-state index < -0.39 is 0 Å². The molecule has 0 bridgehead atoms. The Hall–Kier alpha value is -1.50. The van der Waals surface area contributed by atoms with Crippen molar-refractivity contribution in [3.8, 4) is 5.75 Å². The van der Waals surface area contributed by atoms with Crippen molar-refractivity contribution >= 4 is 10.8 Å². The van der Waals surface area contributed by atoms with Gasteiger partial charge in [-0.15, -0.1) is 0 Å². The van der Waals surface area contributed by atoms with Gasteiger partial charge in [-0.2, -0.15) is 0 Å². The van der Waals surface area contributed by atoms with Crippen LogP contribution in [-0.2, 0) is 12.8 Å². The standard InChI is InChI=1S/C17H18O/c18-16-9-3-7-13-14-8-2-5-11-4-1-6-12(17(11)14)10-15(13)16/h3,7,9-11,18H,1-2,4-6,8H2. The van der Waals surface area contributed by atoms with Crippen LogP contribution in [0.15, 0.2) is 24.3 Å². The van der Waals surface area contributed by atoms with Crippen molar-refractivity contribution < 1.29 is 5.11 Å². The van der Waals surface area contributed by atoms with E-state index in [1.807, 2.05) is 12.1 Å². The van der Waals surface area contributed by atoms with E-state index in [0.29, 0.717) is 5.75 Å². The zero-order chi connectivity index (χ0) is 12.1. The molecule has 0 spiro atoms. The topological polar surface area (TPSA) is 20.2 Å². The third-order valence-corrected chi connectivity index (χ3v) is 4.78. The van der Waals surface area contributed by atoms with Crippen LogP contribution in [0, 0.1) is 0 Å².